The molecule has 0 saturated carbocycles. The van der Waals surface area contributed by atoms with E-state index in [1.54, 1.807) is 0 Å². The highest BCUT2D eigenvalue weighted by molar-refractivity contribution is 6.49. The second kappa shape index (κ2) is 13.2. The normalized spacial score (nSPS) is 15.1. The Balaban J connectivity index is 1.52. The molecule has 4 aromatic carbocycles. The van der Waals surface area contributed by atoms with Gasteiger partial charge in [-0.25, -0.2) is 0 Å². The molecule has 1 heterocycles. The van der Waals surface area contributed by atoms with Gasteiger partial charge in [-0.15, -0.1) is 0 Å². The maximum absolute atomic E-state index is 6.95. The molecule has 5 rings (SSSR count). The van der Waals surface area contributed by atoms with E-state index in [0.717, 1.165) is 44.9 Å². The van der Waals surface area contributed by atoms with Crippen LogP contribution in [-0.2, 0) is 25.6 Å². The molecule has 1 aliphatic rings. The van der Waals surface area contributed by atoms with E-state index in [1.165, 1.54) is 11.1 Å². The van der Waals surface area contributed by atoms with Crippen molar-refractivity contribution < 1.29 is 14.0 Å². The first kappa shape index (κ1) is 33.7. The predicted molar refractivity (Wildman–Crippen MR) is 194 cm³/mol. The molecule has 0 aliphatic carbocycles. The Hall–Kier alpha value is -3.67. The number of nitrogens with one attached hydrogen (secondary N) is 2. The third kappa shape index (κ3) is 7.65. The Morgan fingerprint density at radius 1 is 0.609 bits per heavy atom. The zero-order chi connectivity index (χ0) is 33.3. The summed E-state index contributed by atoms with van der Waals surface area (Å²) >= 11 is 0. The Labute approximate surface area is 278 Å². The van der Waals surface area contributed by atoms with Gasteiger partial charge in [0, 0.05) is 27.9 Å². The molecule has 46 heavy (non-hydrogen) atoms. The molecular formula is C39H48B2N2O3. The molecule has 238 valence electrons. The van der Waals surface area contributed by atoms with E-state index in [-0.39, 0.29) is 28.7 Å². The summed E-state index contributed by atoms with van der Waals surface area (Å²) in [6.45, 7) is 22.1. The zero-order valence-electron chi connectivity index (χ0n) is 29.1. The molecular weight excluding hydrogens is 566 g/mol. The fraction of sp³-hybridized carbons (Fsp3) is 0.385. The molecule has 4 aromatic rings. The van der Waals surface area contributed by atoms with Crippen molar-refractivity contribution in [3.05, 3.63) is 107 Å². The number of fused-ring (bicyclic) bond motifs is 2. The topological polar surface area (TPSA) is 51.8 Å². The van der Waals surface area contributed by atoms with Crippen LogP contribution < -0.4 is 26.3 Å². The molecule has 2 radical (unpaired) electrons. The molecule has 0 spiro atoms. The molecule has 2 N–H and O–H groups in total. The smallest absolute Gasteiger partial charge is 0.336 e. The van der Waals surface area contributed by atoms with Crippen molar-refractivity contribution in [1.29, 1.82) is 0 Å². The number of rotatable bonds is 10. The van der Waals surface area contributed by atoms with Gasteiger partial charge in [0.15, 0.2) is 0 Å². The van der Waals surface area contributed by atoms with Crippen molar-refractivity contribution in [1.82, 2.24) is 0 Å². The van der Waals surface area contributed by atoms with Crippen molar-refractivity contribution in [2.75, 3.05) is 10.6 Å². The third-order valence-corrected chi connectivity index (χ3v) is 8.60. The van der Waals surface area contributed by atoms with Gasteiger partial charge in [0.25, 0.3) is 0 Å². The van der Waals surface area contributed by atoms with E-state index in [0.29, 0.717) is 0 Å². The molecule has 0 fully saturated rings. The van der Waals surface area contributed by atoms with Gasteiger partial charge < -0.3 is 24.7 Å². The lowest BCUT2D eigenvalue weighted by Crippen LogP contribution is -2.37. The third-order valence-electron chi connectivity index (χ3n) is 8.60. The zero-order valence-corrected chi connectivity index (χ0v) is 29.1. The van der Waals surface area contributed by atoms with Crippen LogP contribution in [0.4, 0.5) is 11.4 Å². The Bertz CT molecular complexity index is 1520. The van der Waals surface area contributed by atoms with E-state index in [2.05, 4.69) is 90.3 Å². The molecule has 0 saturated heterocycles. The second-order valence-corrected chi connectivity index (χ2v) is 14.9. The lowest BCUT2D eigenvalue weighted by Gasteiger charge is -2.39. The van der Waals surface area contributed by atoms with Crippen LogP contribution in [0.1, 0.15) is 91.5 Å². The Morgan fingerprint density at radius 2 is 0.978 bits per heavy atom. The SMILES string of the molecule is CC(Nc1ccccc1)O[B]c1cc(C(C)(C)C)cc2c1Oc1c([B]OC(C)Nc3ccccc3)cc(C(C)(C)C)cc1C2(C)C. The predicted octanol–water partition coefficient (Wildman–Crippen LogP) is 8.15. The van der Waals surface area contributed by atoms with Crippen LogP contribution in [-0.4, -0.2) is 27.4 Å². The summed E-state index contributed by atoms with van der Waals surface area (Å²) in [5, 5.41) is 6.84. The highest BCUT2D eigenvalue weighted by Gasteiger charge is 2.39. The summed E-state index contributed by atoms with van der Waals surface area (Å²) in [6.07, 6.45) is -0.490. The number of benzene rings is 4. The molecule has 1 aliphatic heterocycles. The second-order valence-electron chi connectivity index (χ2n) is 14.9. The summed E-state index contributed by atoms with van der Waals surface area (Å²) in [5.41, 5.74) is 8.09. The quantitative estimate of drug-likeness (QED) is 0.140. The van der Waals surface area contributed by atoms with Gasteiger partial charge in [-0.05, 0) is 71.0 Å². The first-order valence-corrected chi connectivity index (χ1v) is 16.3. The minimum absolute atomic E-state index is 0.0657. The molecule has 0 amide bonds. The van der Waals surface area contributed by atoms with Crippen molar-refractivity contribution in [2.45, 2.75) is 97.9 Å². The molecule has 2 atom stereocenters. The average Bonchev–Trinajstić information content (AvgIpc) is 2.99. The summed E-state index contributed by atoms with van der Waals surface area (Å²) in [5.74, 6) is 1.62. The molecule has 7 heteroatoms. The molecule has 5 nitrogen and oxygen atoms in total. The van der Waals surface area contributed by atoms with Gasteiger partial charge in [0.2, 0.25) is 0 Å². The van der Waals surface area contributed by atoms with Gasteiger partial charge in [-0.3, -0.25) is 0 Å². The van der Waals surface area contributed by atoms with E-state index in [9.17, 15) is 0 Å². The van der Waals surface area contributed by atoms with Gasteiger partial charge in [-0.2, -0.15) is 0 Å². The fourth-order valence-corrected chi connectivity index (χ4v) is 5.70. The maximum atomic E-state index is 6.95. The molecule has 0 aromatic heterocycles. The van der Waals surface area contributed by atoms with Gasteiger partial charge in [-0.1, -0.05) is 116 Å². The fourth-order valence-electron chi connectivity index (χ4n) is 5.70. The Morgan fingerprint density at radius 3 is 1.33 bits per heavy atom. The number of hydrogen-bond donors (Lipinski definition) is 2. The Kier molecular flexibility index (Phi) is 9.68. The van der Waals surface area contributed by atoms with Crippen LogP contribution in [0.2, 0.25) is 0 Å². The minimum Gasteiger partial charge on any atom is -0.458 e. The van der Waals surface area contributed by atoms with Crippen LogP contribution in [0.3, 0.4) is 0 Å². The number of para-hydroxylation sites is 2. The summed E-state index contributed by atoms with van der Waals surface area (Å²) in [7, 11) is 3.68. The number of anilines is 2. The van der Waals surface area contributed by atoms with Gasteiger partial charge in [0.1, 0.15) is 24.0 Å². The standard InChI is InChI=1S/C39H48B2N2O3/c1-25(42-29-17-13-11-14-18-29)45-40-33-23-27(37(3,4)5)21-31-35(33)44-36-32(39(31,9)10)22-28(38(6,7)8)24-34(36)41-46-26(2)43-30-19-15-12-16-20-30/h11-26,42-43H,1-10H3. The van der Waals surface area contributed by atoms with Crippen LogP contribution in [0.25, 0.3) is 0 Å². The minimum atomic E-state index is -0.349. The van der Waals surface area contributed by atoms with E-state index in [1.807, 2.05) is 89.5 Å². The van der Waals surface area contributed by atoms with Crippen LogP contribution >= 0.6 is 0 Å². The average molecular weight is 614 g/mol. The summed E-state index contributed by atoms with van der Waals surface area (Å²) in [4.78, 5) is 0. The number of hydrogen-bond acceptors (Lipinski definition) is 5. The first-order chi connectivity index (χ1) is 21.6. The van der Waals surface area contributed by atoms with Crippen LogP contribution in [0.5, 0.6) is 11.5 Å². The summed E-state index contributed by atoms with van der Waals surface area (Å²) in [6, 6.07) is 29.2. The number of ether oxygens (including phenoxy) is 1. The first-order valence-electron chi connectivity index (χ1n) is 16.3. The lowest BCUT2D eigenvalue weighted by molar-refractivity contribution is 0.268. The van der Waals surface area contributed by atoms with Crippen molar-refractivity contribution in [3.63, 3.8) is 0 Å². The molecule has 2 unspecified atom stereocenters. The monoisotopic (exact) mass is 614 g/mol. The van der Waals surface area contributed by atoms with Gasteiger partial charge >= 0.3 is 15.0 Å². The van der Waals surface area contributed by atoms with Crippen LogP contribution in [0.15, 0.2) is 84.9 Å². The van der Waals surface area contributed by atoms with Crippen molar-refractivity contribution in [3.8, 4) is 11.5 Å². The largest absolute Gasteiger partial charge is 0.458 e. The maximum Gasteiger partial charge on any atom is 0.336 e. The van der Waals surface area contributed by atoms with Gasteiger partial charge in [0.05, 0.1) is 0 Å². The molecule has 0 bridgehead atoms. The van der Waals surface area contributed by atoms with Crippen molar-refractivity contribution >= 4 is 37.3 Å². The van der Waals surface area contributed by atoms with E-state index in [4.69, 9.17) is 14.0 Å². The highest BCUT2D eigenvalue weighted by atomic mass is 16.5. The van der Waals surface area contributed by atoms with Crippen LogP contribution in [0, 0.1) is 0 Å². The summed E-state index contributed by atoms with van der Waals surface area (Å²) < 4.78 is 19.5. The highest BCUT2D eigenvalue weighted by Crippen LogP contribution is 2.48. The van der Waals surface area contributed by atoms with E-state index >= 15 is 0 Å². The van der Waals surface area contributed by atoms with E-state index < -0.39 is 0 Å². The van der Waals surface area contributed by atoms with Crippen molar-refractivity contribution in [2.24, 2.45) is 0 Å². The lowest BCUT2D eigenvalue weighted by atomic mass is 9.67.